The second-order valence-electron chi connectivity index (χ2n) is 4.45. The highest BCUT2D eigenvalue weighted by molar-refractivity contribution is 9.10. The Morgan fingerprint density at radius 2 is 2.25 bits per heavy atom. The molecule has 1 saturated heterocycles. The summed E-state index contributed by atoms with van der Waals surface area (Å²) in [6.45, 7) is 4.49. The van der Waals surface area contributed by atoms with Crippen LogP contribution in [0.1, 0.15) is 31.4 Å². The van der Waals surface area contributed by atoms with Gasteiger partial charge >= 0.3 is 0 Å². The number of nitrogens with one attached hydrogen (secondary N) is 2. The predicted molar refractivity (Wildman–Crippen MR) is 71.6 cm³/mol. The van der Waals surface area contributed by atoms with Crippen LogP contribution < -0.4 is 10.6 Å². The average molecular weight is 283 g/mol. The summed E-state index contributed by atoms with van der Waals surface area (Å²) in [5.74, 6) is 0. The van der Waals surface area contributed by atoms with Crippen LogP contribution in [0.15, 0.2) is 28.7 Å². The molecule has 2 atom stereocenters. The van der Waals surface area contributed by atoms with Gasteiger partial charge in [0, 0.05) is 23.1 Å². The van der Waals surface area contributed by atoms with Crippen molar-refractivity contribution in [2.45, 2.75) is 31.8 Å². The van der Waals surface area contributed by atoms with Crippen LogP contribution in [0, 0.1) is 0 Å². The van der Waals surface area contributed by atoms with Gasteiger partial charge in [0.2, 0.25) is 0 Å². The van der Waals surface area contributed by atoms with Gasteiger partial charge in [0.05, 0.1) is 0 Å². The third kappa shape index (κ3) is 3.06. The van der Waals surface area contributed by atoms with Gasteiger partial charge in [-0.15, -0.1) is 0 Å². The fourth-order valence-electron chi connectivity index (χ4n) is 2.26. The van der Waals surface area contributed by atoms with Gasteiger partial charge in [0.25, 0.3) is 0 Å². The van der Waals surface area contributed by atoms with Crippen molar-refractivity contribution < 1.29 is 0 Å². The van der Waals surface area contributed by atoms with Gasteiger partial charge in [-0.3, -0.25) is 0 Å². The smallest absolute Gasteiger partial charge is 0.0306 e. The van der Waals surface area contributed by atoms with Crippen LogP contribution in [-0.4, -0.2) is 19.1 Å². The Balaban J connectivity index is 1.96. The van der Waals surface area contributed by atoms with E-state index >= 15 is 0 Å². The third-order valence-corrected chi connectivity index (χ3v) is 3.88. The van der Waals surface area contributed by atoms with Gasteiger partial charge in [-0.25, -0.2) is 0 Å². The molecular formula is C13H19BrN2. The lowest BCUT2D eigenvalue weighted by Gasteiger charge is -2.27. The summed E-state index contributed by atoms with van der Waals surface area (Å²) in [7, 11) is 0. The van der Waals surface area contributed by atoms with Crippen molar-refractivity contribution in [3.8, 4) is 0 Å². The fraction of sp³-hybridized carbons (Fsp3) is 0.538. The SMILES string of the molecule is CC(NC1CCCNC1)c1ccccc1Br. The molecule has 1 aromatic rings. The number of rotatable bonds is 3. The van der Waals surface area contributed by atoms with E-state index in [1.165, 1.54) is 29.4 Å². The molecule has 0 amide bonds. The molecule has 2 N–H and O–H groups in total. The van der Waals surface area contributed by atoms with E-state index in [4.69, 9.17) is 0 Å². The number of hydrogen-bond acceptors (Lipinski definition) is 2. The lowest BCUT2D eigenvalue weighted by Crippen LogP contribution is -2.44. The topological polar surface area (TPSA) is 24.1 Å². The van der Waals surface area contributed by atoms with Crippen molar-refractivity contribution in [2.24, 2.45) is 0 Å². The molecule has 2 rings (SSSR count). The van der Waals surface area contributed by atoms with Crippen LogP contribution in [0.5, 0.6) is 0 Å². The summed E-state index contributed by atoms with van der Waals surface area (Å²) in [4.78, 5) is 0. The number of benzene rings is 1. The summed E-state index contributed by atoms with van der Waals surface area (Å²) in [5, 5.41) is 7.12. The van der Waals surface area contributed by atoms with E-state index in [9.17, 15) is 0 Å². The second kappa shape index (κ2) is 5.80. The Morgan fingerprint density at radius 1 is 1.44 bits per heavy atom. The minimum atomic E-state index is 0.403. The Bertz CT molecular complexity index is 334. The second-order valence-corrected chi connectivity index (χ2v) is 5.31. The molecule has 88 valence electrons. The molecule has 0 spiro atoms. The first-order valence-electron chi connectivity index (χ1n) is 5.98. The molecule has 0 saturated carbocycles. The van der Waals surface area contributed by atoms with Gasteiger partial charge in [-0.2, -0.15) is 0 Å². The quantitative estimate of drug-likeness (QED) is 0.891. The Hall–Kier alpha value is -0.380. The molecule has 1 aliphatic rings. The molecule has 1 aromatic carbocycles. The summed E-state index contributed by atoms with van der Waals surface area (Å²) in [6.07, 6.45) is 2.56. The zero-order chi connectivity index (χ0) is 11.4. The number of halogens is 1. The van der Waals surface area contributed by atoms with Crippen molar-refractivity contribution in [1.82, 2.24) is 10.6 Å². The first-order chi connectivity index (χ1) is 7.77. The minimum Gasteiger partial charge on any atom is -0.315 e. The highest BCUT2D eigenvalue weighted by Crippen LogP contribution is 2.23. The maximum Gasteiger partial charge on any atom is 0.0306 e. The molecule has 2 nitrogen and oxygen atoms in total. The van der Waals surface area contributed by atoms with Gasteiger partial charge in [0.1, 0.15) is 0 Å². The highest BCUT2D eigenvalue weighted by atomic mass is 79.9. The van der Waals surface area contributed by atoms with Crippen LogP contribution in [-0.2, 0) is 0 Å². The molecule has 1 aliphatic heterocycles. The van der Waals surface area contributed by atoms with Gasteiger partial charge in [-0.1, -0.05) is 34.1 Å². The molecular weight excluding hydrogens is 264 g/mol. The Kier molecular flexibility index (Phi) is 4.38. The molecule has 2 unspecified atom stereocenters. The lowest BCUT2D eigenvalue weighted by atomic mass is 10.0. The van der Waals surface area contributed by atoms with E-state index in [1.807, 2.05) is 0 Å². The van der Waals surface area contributed by atoms with Crippen molar-refractivity contribution in [1.29, 1.82) is 0 Å². The monoisotopic (exact) mass is 282 g/mol. The van der Waals surface area contributed by atoms with Crippen molar-refractivity contribution in [3.05, 3.63) is 34.3 Å². The summed E-state index contributed by atoms with van der Waals surface area (Å²) in [5.41, 5.74) is 1.34. The zero-order valence-corrected chi connectivity index (χ0v) is 11.3. The normalized spacial score (nSPS) is 23.0. The fourth-order valence-corrected chi connectivity index (χ4v) is 2.89. The first kappa shape index (κ1) is 12.1. The molecule has 1 heterocycles. The van der Waals surface area contributed by atoms with Crippen molar-refractivity contribution in [3.63, 3.8) is 0 Å². The van der Waals surface area contributed by atoms with Crippen LogP contribution >= 0.6 is 15.9 Å². The van der Waals surface area contributed by atoms with Crippen molar-refractivity contribution >= 4 is 15.9 Å². The molecule has 0 aromatic heterocycles. The van der Waals surface area contributed by atoms with Crippen LogP contribution in [0.3, 0.4) is 0 Å². The largest absolute Gasteiger partial charge is 0.315 e. The van der Waals surface area contributed by atoms with E-state index in [2.05, 4.69) is 57.8 Å². The average Bonchev–Trinajstić information content (AvgIpc) is 2.31. The van der Waals surface area contributed by atoms with Gasteiger partial charge in [0.15, 0.2) is 0 Å². The first-order valence-corrected chi connectivity index (χ1v) is 6.78. The van der Waals surface area contributed by atoms with Crippen molar-refractivity contribution in [2.75, 3.05) is 13.1 Å². The maximum atomic E-state index is 3.68. The predicted octanol–water partition coefficient (Wildman–Crippen LogP) is 2.85. The summed E-state index contributed by atoms with van der Waals surface area (Å²) < 4.78 is 1.19. The Morgan fingerprint density at radius 3 is 2.94 bits per heavy atom. The summed E-state index contributed by atoms with van der Waals surface area (Å²) in [6, 6.07) is 9.45. The molecule has 3 heteroatoms. The lowest BCUT2D eigenvalue weighted by molar-refractivity contribution is 0.361. The Labute approximate surface area is 106 Å². The zero-order valence-electron chi connectivity index (χ0n) is 9.67. The molecule has 0 aliphatic carbocycles. The number of piperidine rings is 1. The van der Waals surface area contributed by atoms with E-state index < -0.39 is 0 Å². The van der Waals surface area contributed by atoms with E-state index in [-0.39, 0.29) is 0 Å². The number of hydrogen-bond donors (Lipinski definition) is 2. The summed E-state index contributed by atoms with van der Waals surface area (Å²) >= 11 is 3.61. The standard InChI is InChI=1S/C13H19BrN2/c1-10(12-6-2-3-7-13(12)14)16-11-5-4-8-15-9-11/h2-3,6-7,10-11,15-16H,4-5,8-9H2,1H3. The molecule has 0 radical (unpaired) electrons. The highest BCUT2D eigenvalue weighted by Gasteiger charge is 2.16. The van der Waals surface area contributed by atoms with Crippen LogP contribution in [0.4, 0.5) is 0 Å². The molecule has 1 fully saturated rings. The van der Waals surface area contributed by atoms with E-state index in [0.29, 0.717) is 12.1 Å². The van der Waals surface area contributed by atoms with E-state index in [1.54, 1.807) is 0 Å². The maximum absolute atomic E-state index is 3.68. The minimum absolute atomic E-state index is 0.403. The molecule has 0 bridgehead atoms. The van der Waals surface area contributed by atoms with Crippen LogP contribution in [0.2, 0.25) is 0 Å². The molecule has 16 heavy (non-hydrogen) atoms. The van der Waals surface area contributed by atoms with Gasteiger partial charge in [-0.05, 0) is 37.9 Å². The van der Waals surface area contributed by atoms with E-state index in [0.717, 1.165) is 6.54 Å². The van der Waals surface area contributed by atoms with Crippen LogP contribution in [0.25, 0.3) is 0 Å². The third-order valence-electron chi connectivity index (χ3n) is 3.15. The van der Waals surface area contributed by atoms with Gasteiger partial charge < -0.3 is 10.6 Å².